The first kappa shape index (κ1) is 22.9. The van der Waals surface area contributed by atoms with Crippen LogP contribution in [0.3, 0.4) is 0 Å². The fraction of sp³-hybridized carbons (Fsp3) is 0.296. The summed E-state index contributed by atoms with van der Waals surface area (Å²) in [5.41, 5.74) is 4.55. The Balaban J connectivity index is 1.60. The van der Waals surface area contributed by atoms with Crippen molar-refractivity contribution in [3.8, 4) is 11.4 Å². The molecule has 4 aromatic rings. The highest BCUT2D eigenvalue weighted by atomic mass is 32.2. The number of benzene rings is 2. The topological polar surface area (TPSA) is 61.2 Å². The molecule has 174 valence electrons. The van der Waals surface area contributed by atoms with Gasteiger partial charge in [-0.2, -0.15) is 0 Å². The summed E-state index contributed by atoms with van der Waals surface area (Å²) < 4.78 is 6.95. The predicted octanol–water partition coefficient (Wildman–Crippen LogP) is 5.93. The number of ketones is 1. The quantitative estimate of drug-likeness (QED) is 0.191. The van der Waals surface area contributed by atoms with E-state index in [2.05, 4.69) is 0 Å². The maximum Gasteiger partial charge on any atom is 0.267 e. The molecule has 0 bridgehead atoms. The molecular formula is C27H26N2O3S2. The van der Waals surface area contributed by atoms with Crippen LogP contribution in [0.5, 0.6) is 5.75 Å². The molecule has 0 radical (unpaired) electrons. The lowest BCUT2D eigenvalue weighted by atomic mass is 9.97. The van der Waals surface area contributed by atoms with Crippen LogP contribution in [-0.2, 0) is 12.8 Å². The molecule has 2 aromatic heterocycles. The second-order valence-corrected chi connectivity index (χ2v) is 10.7. The lowest BCUT2D eigenvalue weighted by Gasteiger charge is -2.14. The maximum absolute atomic E-state index is 13.9. The monoisotopic (exact) mass is 490 g/mol. The van der Waals surface area contributed by atoms with Gasteiger partial charge in [0.15, 0.2) is 10.9 Å². The number of fused-ring (bicyclic) bond motifs is 3. The fourth-order valence-electron chi connectivity index (χ4n) is 4.49. The van der Waals surface area contributed by atoms with E-state index < -0.39 is 0 Å². The Morgan fingerprint density at radius 3 is 2.65 bits per heavy atom. The zero-order valence-corrected chi connectivity index (χ0v) is 21.1. The first-order valence-corrected chi connectivity index (χ1v) is 13.2. The molecule has 0 N–H and O–H groups in total. The molecule has 2 aromatic carbocycles. The SMILES string of the molecule is COc1ccc(-n2c(SCC(=O)c3cc(C)ccc3C)nc3sc4c(c3c2=O)CCCC4)cc1. The van der Waals surface area contributed by atoms with Gasteiger partial charge >= 0.3 is 0 Å². The van der Waals surface area contributed by atoms with Crippen LogP contribution in [-0.4, -0.2) is 28.2 Å². The minimum absolute atomic E-state index is 0.0345. The molecule has 0 saturated heterocycles. The van der Waals surface area contributed by atoms with Crippen molar-refractivity contribution in [1.29, 1.82) is 0 Å². The number of hydrogen-bond acceptors (Lipinski definition) is 6. The third-order valence-electron chi connectivity index (χ3n) is 6.31. The molecule has 0 atom stereocenters. The number of thiophene rings is 1. The molecule has 34 heavy (non-hydrogen) atoms. The molecule has 5 rings (SSSR count). The average molecular weight is 491 g/mol. The number of nitrogens with zero attached hydrogens (tertiary/aromatic N) is 2. The highest BCUT2D eigenvalue weighted by Gasteiger charge is 2.23. The van der Waals surface area contributed by atoms with Crippen molar-refractivity contribution in [3.05, 3.63) is 79.9 Å². The number of Topliss-reactive ketones (excluding diaryl/α,β-unsaturated/α-hetero) is 1. The standard InChI is InChI=1S/C27H26N2O3S2/c1-16-8-9-17(2)21(14-16)22(30)15-33-27-28-25-24(20-6-4-5-7-23(20)34-25)26(31)29(27)18-10-12-19(32-3)13-11-18/h8-14H,4-7,15H2,1-3H3. The van der Waals surface area contributed by atoms with Gasteiger partial charge in [-0.25, -0.2) is 4.98 Å². The van der Waals surface area contributed by atoms with Crippen molar-refractivity contribution >= 4 is 39.1 Å². The van der Waals surface area contributed by atoms with Gasteiger partial charge < -0.3 is 4.74 Å². The van der Waals surface area contributed by atoms with Gasteiger partial charge in [-0.15, -0.1) is 11.3 Å². The summed E-state index contributed by atoms with van der Waals surface area (Å²) >= 11 is 2.95. The number of carbonyl (C=O) groups is 1. The summed E-state index contributed by atoms with van der Waals surface area (Å²) in [5, 5.41) is 1.28. The number of methoxy groups -OCH3 is 1. The van der Waals surface area contributed by atoms with Crippen molar-refractivity contribution in [3.63, 3.8) is 0 Å². The molecule has 0 fully saturated rings. The fourth-order valence-corrected chi connectivity index (χ4v) is 6.68. The predicted molar refractivity (Wildman–Crippen MR) is 139 cm³/mol. The van der Waals surface area contributed by atoms with E-state index in [1.165, 1.54) is 16.6 Å². The summed E-state index contributed by atoms with van der Waals surface area (Å²) in [7, 11) is 1.62. The molecule has 5 nitrogen and oxygen atoms in total. The summed E-state index contributed by atoms with van der Waals surface area (Å²) in [6.45, 7) is 3.93. The van der Waals surface area contributed by atoms with Crippen LogP contribution in [0.4, 0.5) is 0 Å². The van der Waals surface area contributed by atoms with Crippen molar-refractivity contribution < 1.29 is 9.53 Å². The number of hydrogen-bond donors (Lipinski definition) is 0. The largest absolute Gasteiger partial charge is 0.497 e. The smallest absolute Gasteiger partial charge is 0.267 e. The Bertz CT molecular complexity index is 1450. The minimum Gasteiger partial charge on any atom is -0.497 e. The van der Waals surface area contributed by atoms with E-state index in [0.29, 0.717) is 5.16 Å². The lowest BCUT2D eigenvalue weighted by Crippen LogP contribution is -2.22. The Morgan fingerprint density at radius 2 is 1.88 bits per heavy atom. The van der Waals surface area contributed by atoms with E-state index in [1.54, 1.807) is 23.0 Å². The Kier molecular flexibility index (Phi) is 6.32. The molecule has 0 aliphatic heterocycles. The summed E-state index contributed by atoms with van der Waals surface area (Å²) in [6, 6.07) is 13.3. The van der Waals surface area contributed by atoms with E-state index in [9.17, 15) is 9.59 Å². The zero-order chi connectivity index (χ0) is 23.8. The van der Waals surface area contributed by atoms with Crippen molar-refractivity contribution in [2.75, 3.05) is 12.9 Å². The van der Waals surface area contributed by atoms with Crippen LogP contribution in [0.25, 0.3) is 15.9 Å². The van der Waals surface area contributed by atoms with Crippen LogP contribution in [0.2, 0.25) is 0 Å². The summed E-state index contributed by atoms with van der Waals surface area (Å²) in [4.78, 5) is 33.9. The number of aryl methyl sites for hydroxylation is 4. The highest BCUT2D eigenvalue weighted by Crippen LogP contribution is 2.35. The Morgan fingerprint density at radius 1 is 1.12 bits per heavy atom. The van der Waals surface area contributed by atoms with Crippen LogP contribution in [0.1, 0.15) is 44.8 Å². The van der Waals surface area contributed by atoms with Gasteiger partial charge in [0, 0.05) is 10.4 Å². The maximum atomic E-state index is 13.9. The number of ether oxygens (including phenoxy) is 1. The second-order valence-electron chi connectivity index (χ2n) is 8.65. The second kappa shape index (κ2) is 9.39. The molecular weight excluding hydrogens is 464 g/mol. The van der Waals surface area contributed by atoms with E-state index >= 15 is 0 Å². The number of aromatic nitrogens is 2. The van der Waals surface area contributed by atoms with Gasteiger partial charge in [-0.05, 0) is 81.0 Å². The lowest BCUT2D eigenvalue weighted by molar-refractivity contribution is 0.102. The van der Waals surface area contributed by atoms with Gasteiger partial charge in [0.1, 0.15) is 10.6 Å². The summed E-state index contributed by atoms with van der Waals surface area (Å²) in [6.07, 6.45) is 4.18. The number of thioether (sulfide) groups is 1. The zero-order valence-electron chi connectivity index (χ0n) is 19.5. The van der Waals surface area contributed by atoms with Gasteiger partial charge in [0.05, 0.1) is 23.9 Å². The van der Waals surface area contributed by atoms with Gasteiger partial charge in [-0.3, -0.25) is 14.2 Å². The Hall–Kier alpha value is -2.90. The molecule has 0 amide bonds. The van der Waals surface area contributed by atoms with E-state index in [0.717, 1.165) is 69.6 Å². The molecule has 0 saturated carbocycles. The van der Waals surface area contributed by atoms with Crippen molar-refractivity contribution in [1.82, 2.24) is 9.55 Å². The van der Waals surface area contributed by atoms with E-state index in [4.69, 9.17) is 9.72 Å². The first-order valence-electron chi connectivity index (χ1n) is 11.4. The van der Waals surface area contributed by atoms with Gasteiger partial charge in [0.2, 0.25) is 0 Å². The normalized spacial score (nSPS) is 13.1. The first-order chi connectivity index (χ1) is 16.5. The van der Waals surface area contributed by atoms with Crippen LogP contribution >= 0.6 is 23.1 Å². The molecule has 0 spiro atoms. The van der Waals surface area contributed by atoms with Crippen LogP contribution in [0, 0.1) is 13.8 Å². The molecule has 7 heteroatoms. The molecule has 1 aliphatic rings. The number of rotatable bonds is 6. The molecule has 1 aliphatic carbocycles. The van der Waals surface area contributed by atoms with Gasteiger partial charge in [-0.1, -0.05) is 29.5 Å². The van der Waals surface area contributed by atoms with E-state index in [-0.39, 0.29) is 17.1 Å². The molecule has 2 heterocycles. The van der Waals surface area contributed by atoms with Crippen LogP contribution < -0.4 is 10.3 Å². The third kappa shape index (κ3) is 4.18. The van der Waals surface area contributed by atoms with Gasteiger partial charge in [0.25, 0.3) is 5.56 Å². The Labute approximate surface area is 206 Å². The number of carbonyl (C=O) groups excluding carboxylic acids is 1. The average Bonchev–Trinajstić information content (AvgIpc) is 3.23. The van der Waals surface area contributed by atoms with Crippen molar-refractivity contribution in [2.24, 2.45) is 0 Å². The highest BCUT2D eigenvalue weighted by molar-refractivity contribution is 7.99. The van der Waals surface area contributed by atoms with Crippen molar-refractivity contribution in [2.45, 2.75) is 44.7 Å². The molecule has 0 unspecified atom stereocenters. The van der Waals surface area contributed by atoms with Crippen LogP contribution in [0.15, 0.2) is 52.4 Å². The third-order valence-corrected chi connectivity index (χ3v) is 8.44. The minimum atomic E-state index is -0.0590. The van der Waals surface area contributed by atoms with E-state index in [1.807, 2.05) is 56.3 Å². The summed E-state index contributed by atoms with van der Waals surface area (Å²) in [5.74, 6) is 0.967.